The third kappa shape index (κ3) is 5.39. The van der Waals surface area contributed by atoms with Gasteiger partial charge in [0.15, 0.2) is 0 Å². The predicted octanol–water partition coefficient (Wildman–Crippen LogP) is 0.00220. The summed E-state index contributed by atoms with van der Waals surface area (Å²) in [6.07, 6.45) is 2.36. The van der Waals surface area contributed by atoms with Gasteiger partial charge in [-0.2, -0.15) is 0 Å². The van der Waals surface area contributed by atoms with Crippen molar-refractivity contribution < 1.29 is 19.1 Å². The smallest absolute Gasteiger partial charge is 0.223 e. The van der Waals surface area contributed by atoms with Gasteiger partial charge >= 0.3 is 0 Å². The van der Waals surface area contributed by atoms with Gasteiger partial charge in [-0.1, -0.05) is 6.92 Å². The highest BCUT2D eigenvalue weighted by molar-refractivity contribution is 5.82. The molecule has 1 saturated carbocycles. The summed E-state index contributed by atoms with van der Waals surface area (Å²) in [6, 6.07) is 0.303. The maximum atomic E-state index is 12.1. The Kier molecular flexibility index (Phi) is 6.67. The van der Waals surface area contributed by atoms with E-state index in [1.807, 2.05) is 0 Å². The molecule has 4 atom stereocenters. The first kappa shape index (κ1) is 18.6. The van der Waals surface area contributed by atoms with Gasteiger partial charge in [-0.25, -0.2) is 0 Å². The maximum absolute atomic E-state index is 12.1. The average molecular weight is 353 g/mol. The highest BCUT2D eigenvalue weighted by atomic mass is 16.5. The second-order valence-corrected chi connectivity index (χ2v) is 7.50. The van der Waals surface area contributed by atoms with Crippen molar-refractivity contribution in [2.24, 2.45) is 17.8 Å². The molecule has 142 valence electrons. The molecule has 3 fully saturated rings. The van der Waals surface area contributed by atoms with E-state index in [0.29, 0.717) is 37.4 Å². The summed E-state index contributed by atoms with van der Waals surface area (Å²) in [6.45, 7) is 8.05. The molecular formula is C18H31N3O4. The molecule has 0 aromatic rings. The molecular weight excluding hydrogens is 322 g/mol. The van der Waals surface area contributed by atoms with Crippen LogP contribution in [-0.2, 0) is 19.1 Å². The van der Waals surface area contributed by atoms with Gasteiger partial charge < -0.3 is 20.1 Å². The number of carbonyl (C=O) groups is 2. The lowest BCUT2D eigenvalue weighted by Crippen LogP contribution is -2.52. The van der Waals surface area contributed by atoms with Gasteiger partial charge in [0.25, 0.3) is 0 Å². The van der Waals surface area contributed by atoms with E-state index in [4.69, 9.17) is 9.47 Å². The Morgan fingerprint density at radius 2 is 1.92 bits per heavy atom. The van der Waals surface area contributed by atoms with E-state index >= 15 is 0 Å². The predicted molar refractivity (Wildman–Crippen MR) is 93.0 cm³/mol. The van der Waals surface area contributed by atoms with Crippen LogP contribution in [0.25, 0.3) is 0 Å². The number of hydrogen-bond donors (Lipinski definition) is 2. The van der Waals surface area contributed by atoms with Crippen molar-refractivity contribution in [3.63, 3.8) is 0 Å². The van der Waals surface area contributed by atoms with Crippen LogP contribution in [0.2, 0.25) is 0 Å². The number of nitrogens with zero attached hydrogens (tertiary/aromatic N) is 1. The van der Waals surface area contributed by atoms with Crippen LogP contribution < -0.4 is 10.6 Å². The molecule has 2 amide bonds. The lowest BCUT2D eigenvalue weighted by molar-refractivity contribution is -0.123. The van der Waals surface area contributed by atoms with Crippen molar-refractivity contribution in [2.45, 2.75) is 32.2 Å². The minimum absolute atomic E-state index is 0.00122. The molecule has 0 aromatic carbocycles. The molecule has 3 rings (SSSR count). The van der Waals surface area contributed by atoms with Crippen molar-refractivity contribution in [1.82, 2.24) is 15.5 Å². The van der Waals surface area contributed by atoms with Crippen LogP contribution in [0.1, 0.15) is 26.2 Å². The van der Waals surface area contributed by atoms with Gasteiger partial charge in [-0.15, -0.1) is 0 Å². The molecule has 3 aliphatic rings. The fourth-order valence-corrected chi connectivity index (χ4v) is 3.78. The van der Waals surface area contributed by atoms with Crippen LogP contribution in [0.3, 0.4) is 0 Å². The third-order valence-corrected chi connectivity index (χ3v) is 5.63. The number of ether oxygens (including phenoxy) is 2. The topological polar surface area (TPSA) is 79.9 Å². The lowest BCUT2D eigenvalue weighted by atomic mass is 9.97. The van der Waals surface area contributed by atoms with Gasteiger partial charge in [0.2, 0.25) is 11.8 Å². The molecule has 0 radical (unpaired) electrons. The SMILES string of the molecule is C[C@@H]1C[C@@H]1C(=O)NCCC(=O)NC[C@@H]([C@H]1CCOC1)N1CCOCC1. The number of amides is 2. The summed E-state index contributed by atoms with van der Waals surface area (Å²) in [5.74, 6) is 1.22. The first-order valence-electron chi connectivity index (χ1n) is 9.59. The number of rotatable bonds is 8. The van der Waals surface area contributed by atoms with E-state index in [-0.39, 0.29) is 17.7 Å². The number of hydrogen-bond acceptors (Lipinski definition) is 5. The molecule has 0 bridgehead atoms. The summed E-state index contributed by atoms with van der Waals surface area (Å²) < 4.78 is 11.0. The summed E-state index contributed by atoms with van der Waals surface area (Å²) >= 11 is 0. The van der Waals surface area contributed by atoms with Crippen molar-refractivity contribution in [3.05, 3.63) is 0 Å². The fourth-order valence-electron chi connectivity index (χ4n) is 3.78. The van der Waals surface area contributed by atoms with E-state index < -0.39 is 0 Å². The highest BCUT2D eigenvalue weighted by Crippen LogP contribution is 2.37. The molecule has 0 spiro atoms. The van der Waals surface area contributed by atoms with Gasteiger partial charge in [0, 0.05) is 57.1 Å². The average Bonchev–Trinajstić information content (AvgIpc) is 3.12. The molecule has 25 heavy (non-hydrogen) atoms. The molecule has 7 heteroatoms. The van der Waals surface area contributed by atoms with Crippen LogP contribution in [0.15, 0.2) is 0 Å². The third-order valence-electron chi connectivity index (χ3n) is 5.63. The second-order valence-electron chi connectivity index (χ2n) is 7.50. The van der Waals surface area contributed by atoms with E-state index in [0.717, 1.165) is 52.4 Å². The summed E-state index contributed by atoms with van der Waals surface area (Å²) in [5.41, 5.74) is 0. The van der Waals surface area contributed by atoms with Gasteiger partial charge in [-0.05, 0) is 18.8 Å². The maximum Gasteiger partial charge on any atom is 0.223 e. The molecule has 0 aromatic heterocycles. The van der Waals surface area contributed by atoms with Crippen LogP contribution in [-0.4, -0.2) is 75.4 Å². The summed E-state index contributed by atoms with van der Waals surface area (Å²) in [4.78, 5) is 26.3. The standard InChI is InChI=1S/C18H31N3O4/c1-13-10-15(13)18(23)19-4-2-17(22)20-11-16(14-3-7-25-12-14)21-5-8-24-9-6-21/h13-16H,2-12H2,1H3,(H,19,23)(H,20,22)/t13-,14+,15+,16+/m1/s1. The molecule has 0 unspecified atom stereocenters. The molecule has 1 aliphatic carbocycles. The first-order chi connectivity index (χ1) is 12.1. The van der Waals surface area contributed by atoms with Gasteiger partial charge in [0.1, 0.15) is 0 Å². The molecule has 7 nitrogen and oxygen atoms in total. The quantitative estimate of drug-likeness (QED) is 0.642. The van der Waals surface area contributed by atoms with E-state index in [1.54, 1.807) is 0 Å². The molecule has 2 aliphatic heterocycles. The highest BCUT2D eigenvalue weighted by Gasteiger charge is 2.38. The lowest BCUT2D eigenvalue weighted by Gasteiger charge is -2.37. The minimum atomic E-state index is 0.00122. The fraction of sp³-hybridized carbons (Fsp3) is 0.889. The summed E-state index contributed by atoms with van der Waals surface area (Å²) in [7, 11) is 0. The number of carbonyl (C=O) groups excluding carboxylic acids is 2. The van der Waals surface area contributed by atoms with E-state index in [9.17, 15) is 9.59 Å². The Bertz CT molecular complexity index is 461. The Hall–Kier alpha value is -1.18. The zero-order valence-corrected chi connectivity index (χ0v) is 15.2. The molecule has 2 N–H and O–H groups in total. The Labute approximate surface area is 149 Å². The Balaban J connectivity index is 1.38. The van der Waals surface area contributed by atoms with Crippen LogP contribution in [0, 0.1) is 17.8 Å². The Morgan fingerprint density at radius 1 is 1.16 bits per heavy atom. The van der Waals surface area contributed by atoms with Crippen molar-refractivity contribution >= 4 is 11.8 Å². The molecule has 2 saturated heterocycles. The van der Waals surface area contributed by atoms with Crippen molar-refractivity contribution in [1.29, 1.82) is 0 Å². The normalized spacial score (nSPS) is 30.7. The van der Waals surface area contributed by atoms with Gasteiger partial charge in [-0.3, -0.25) is 14.5 Å². The first-order valence-corrected chi connectivity index (χ1v) is 9.59. The zero-order valence-electron chi connectivity index (χ0n) is 15.2. The van der Waals surface area contributed by atoms with Crippen molar-refractivity contribution in [2.75, 3.05) is 52.6 Å². The minimum Gasteiger partial charge on any atom is -0.381 e. The van der Waals surface area contributed by atoms with Gasteiger partial charge in [0.05, 0.1) is 19.8 Å². The largest absolute Gasteiger partial charge is 0.381 e. The van der Waals surface area contributed by atoms with Crippen LogP contribution in [0.4, 0.5) is 0 Å². The Morgan fingerprint density at radius 3 is 2.56 bits per heavy atom. The summed E-state index contributed by atoms with van der Waals surface area (Å²) in [5, 5.41) is 5.92. The van der Waals surface area contributed by atoms with E-state index in [2.05, 4.69) is 22.5 Å². The number of morpholine rings is 1. The number of nitrogens with one attached hydrogen (secondary N) is 2. The van der Waals surface area contributed by atoms with E-state index in [1.165, 1.54) is 0 Å². The van der Waals surface area contributed by atoms with Crippen LogP contribution in [0.5, 0.6) is 0 Å². The second kappa shape index (κ2) is 8.96. The molecule has 2 heterocycles. The zero-order chi connectivity index (χ0) is 17.6. The van der Waals surface area contributed by atoms with Crippen molar-refractivity contribution in [3.8, 4) is 0 Å². The monoisotopic (exact) mass is 353 g/mol. The van der Waals surface area contributed by atoms with Crippen LogP contribution >= 0.6 is 0 Å².